The maximum absolute atomic E-state index is 13.3. The predicted octanol–water partition coefficient (Wildman–Crippen LogP) is 4.18. The minimum atomic E-state index is -0.595. The van der Waals surface area contributed by atoms with Crippen LogP contribution in [-0.2, 0) is 22.4 Å². The minimum absolute atomic E-state index is 0.158. The zero-order chi connectivity index (χ0) is 23.2. The molecule has 0 radical (unpaired) electrons. The number of anilines is 2. The molecule has 7 nitrogen and oxygen atoms in total. The van der Waals surface area contributed by atoms with Gasteiger partial charge >= 0.3 is 6.03 Å². The number of hydrogen-bond acceptors (Lipinski definition) is 4. The van der Waals surface area contributed by atoms with Crippen molar-refractivity contribution < 1.29 is 14.3 Å². The van der Waals surface area contributed by atoms with Crippen LogP contribution in [0.4, 0.5) is 16.2 Å². The van der Waals surface area contributed by atoms with Crippen molar-refractivity contribution in [2.24, 2.45) is 0 Å². The number of urea groups is 1. The third kappa shape index (κ3) is 6.13. The van der Waals surface area contributed by atoms with Gasteiger partial charge in [0.05, 0.1) is 6.10 Å². The number of benzene rings is 2. The van der Waals surface area contributed by atoms with Crippen LogP contribution in [0.2, 0.25) is 0 Å². The number of hydrogen-bond donors (Lipinski definition) is 3. The summed E-state index contributed by atoms with van der Waals surface area (Å²) in [6.07, 6.45) is 3.15. The van der Waals surface area contributed by atoms with Gasteiger partial charge in [0.15, 0.2) is 0 Å². The zero-order valence-corrected chi connectivity index (χ0v) is 20.5. The Labute approximate surface area is 203 Å². The molecule has 2 aromatic carbocycles. The number of nitrogens with zero attached hydrogens (tertiary/aromatic N) is 1. The van der Waals surface area contributed by atoms with E-state index in [1.807, 2.05) is 37.3 Å². The summed E-state index contributed by atoms with van der Waals surface area (Å²) >= 11 is 3.40. The fourth-order valence-electron chi connectivity index (χ4n) is 4.38. The highest BCUT2D eigenvalue weighted by molar-refractivity contribution is 9.10. The summed E-state index contributed by atoms with van der Waals surface area (Å²) < 4.78 is 6.84. The van der Waals surface area contributed by atoms with Crippen LogP contribution in [0, 0.1) is 0 Å². The molecule has 2 aliphatic heterocycles. The Morgan fingerprint density at radius 2 is 1.79 bits per heavy atom. The minimum Gasteiger partial charge on any atom is -0.376 e. The summed E-state index contributed by atoms with van der Waals surface area (Å²) in [5.74, 6) is -0.185. The topological polar surface area (TPSA) is 82.7 Å². The molecule has 176 valence electrons. The molecule has 0 spiro atoms. The van der Waals surface area contributed by atoms with Gasteiger partial charge in [-0.15, -0.1) is 0 Å². The Kier molecular flexibility index (Phi) is 8.01. The largest absolute Gasteiger partial charge is 0.376 e. The zero-order valence-electron chi connectivity index (χ0n) is 18.9. The summed E-state index contributed by atoms with van der Waals surface area (Å²) in [5, 5.41) is 9.36. The van der Waals surface area contributed by atoms with E-state index in [9.17, 15) is 9.59 Å². The van der Waals surface area contributed by atoms with Crippen LogP contribution < -0.4 is 16.0 Å². The quantitative estimate of drug-likeness (QED) is 0.539. The second kappa shape index (κ2) is 11.1. The van der Waals surface area contributed by atoms with Crippen molar-refractivity contribution >= 4 is 39.2 Å². The van der Waals surface area contributed by atoms with Crippen molar-refractivity contribution in [1.29, 1.82) is 0 Å². The molecule has 33 heavy (non-hydrogen) atoms. The lowest BCUT2D eigenvalue weighted by molar-refractivity contribution is -0.119. The molecule has 0 aliphatic carbocycles. The van der Waals surface area contributed by atoms with Crippen molar-refractivity contribution in [2.45, 2.75) is 44.8 Å². The highest BCUT2D eigenvalue weighted by Crippen LogP contribution is 2.25. The van der Waals surface area contributed by atoms with Crippen molar-refractivity contribution in [3.05, 3.63) is 58.1 Å². The number of halogens is 1. The molecule has 3 N–H and O–H groups in total. The molecule has 0 bridgehead atoms. The number of rotatable bonds is 6. The van der Waals surface area contributed by atoms with E-state index in [2.05, 4.69) is 44.0 Å². The van der Waals surface area contributed by atoms with Crippen LogP contribution in [0.3, 0.4) is 0 Å². The fourth-order valence-corrected chi connectivity index (χ4v) is 4.65. The lowest BCUT2D eigenvalue weighted by Crippen LogP contribution is -2.45. The summed E-state index contributed by atoms with van der Waals surface area (Å²) in [6, 6.07) is 12.6. The van der Waals surface area contributed by atoms with E-state index in [-0.39, 0.29) is 18.0 Å². The monoisotopic (exact) mass is 514 g/mol. The van der Waals surface area contributed by atoms with Crippen LogP contribution >= 0.6 is 15.9 Å². The van der Waals surface area contributed by atoms with Gasteiger partial charge in [0.1, 0.15) is 6.04 Å². The first-order chi connectivity index (χ1) is 16.0. The first-order valence-corrected chi connectivity index (χ1v) is 12.4. The standard InChI is InChI=1S/C25H31BrN4O3/c1-2-13-33-22-15-23(30(16-22)25(32)29-20-7-4-19(26)5-8-20)24(31)28-21-6-3-17-9-11-27-12-10-18(17)14-21/h3-8,14,22-23,27H,2,9-13,15-16H2,1H3,(H,28,31)(H,29,32). The van der Waals surface area contributed by atoms with Crippen LogP contribution in [0.25, 0.3) is 0 Å². The molecule has 0 saturated carbocycles. The predicted molar refractivity (Wildman–Crippen MR) is 134 cm³/mol. The highest BCUT2D eigenvalue weighted by atomic mass is 79.9. The van der Waals surface area contributed by atoms with E-state index < -0.39 is 6.04 Å². The SMILES string of the molecule is CCCOC1CC(C(=O)Nc2ccc3c(c2)CCNCC3)N(C(=O)Nc2ccc(Br)cc2)C1. The molecule has 2 aliphatic rings. The van der Waals surface area contributed by atoms with Crippen LogP contribution in [-0.4, -0.2) is 55.2 Å². The summed E-state index contributed by atoms with van der Waals surface area (Å²) in [4.78, 5) is 27.9. The third-order valence-electron chi connectivity index (χ3n) is 6.10. The van der Waals surface area contributed by atoms with E-state index in [4.69, 9.17) is 4.74 Å². The van der Waals surface area contributed by atoms with E-state index in [0.717, 1.165) is 42.5 Å². The average Bonchev–Trinajstić information content (AvgIpc) is 3.11. The van der Waals surface area contributed by atoms with Crippen LogP contribution in [0.15, 0.2) is 46.9 Å². The summed E-state index contributed by atoms with van der Waals surface area (Å²) in [6.45, 7) is 4.96. The number of likely N-dealkylation sites (tertiary alicyclic amines) is 1. The van der Waals surface area contributed by atoms with Gasteiger partial charge < -0.3 is 25.6 Å². The Balaban J connectivity index is 1.47. The maximum atomic E-state index is 13.3. The van der Waals surface area contributed by atoms with Gasteiger partial charge in [-0.3, -0.25) is 4.79 Å². The smallest absolute Gasteiger partial charge is 0.322 e. The normalized spacial score (nSPS) is 20.1. The third-order valence-corrected chi connectivity index (χ3v) is 6.62. The van der Waals surface area contributed by atoms with Crippen molar-refractivity contribution in [2.75, 3.05) is 36.9 Å². The molecule has 4 rings (SSSR count). The molecule has 3 amide bonds. The van der Waals surface area contributed by atoms with Crippen LogP contribution in [0.1, 0.15) is 30.9 Å². The van der Waals surface area contributed by atoms with E-state index in [1.54, 1.807) is 4.90 Å². The van der Waals surface area contributed by atoms with Gasteiger partial charge in [-0.05, 0) is 79.9 Å². The lowest BCUT2D eigenvalue weighted by Gasteiger charge is -2.24. The Morgan fingerprint density at radius 3 is 2.55 bits per heavy atom. The van der Waals surface area contributed by atoms with Gasteiger partial charge in [0, 0.05) is 35.4 Å². The van der Waals surface area contributed by atoms with E-state index >= 15 is 0 Å². The molecule has 8 heteroatoms. The van der Waals surface area contributed by atoms with Crippen LogP contribution in [0.5, 0.6) is 0 Å². The van der Waals surface area contributed by atoms with Crippen molar-refractivity contribution in [1.82, 2.24) is 10.2 Å². The molecule has 1 fully saturated rings. The molecule has 1 saturated heterocycles. The van der Waals surface area contributed by atoms with Gasteiger partial charge in [-0.2, -0.15) is 0 Å². The summed E-state index contributed by atoms with van der Waals surface area (Å²) in [7, 11) is 0. The second-order valence-corrected chi connectivity index (χ2v) is 9.47. The maximum Gasteiger partial charge on any atom is 0.322 e. The fraction of sp³-hybridized carbons (Fsp3) is 0.440. The van der Waals surface area contributed by atoms with Crippen molar-refractivity contribution in [3.63, 3.8) is 0 Å². The number of fused-ring (bicyclic) bond motifs is 1. The number of carbonyl (C=O) groups is 2. The highest BCUT2D eigenvalue weighted by Gasteiger charge is 2.40. The van der Waals surface area contributed by atoms with Gasteiger partial charge in [-0.25, -0.2) is 4.79 Å². The second-order valence-electron chi connectivity index (χ2n) is 8.56. The molecule has 2 aromatic rings. The lowest BCUT2D eigenvalue weighted by atomic mass is 10.0. The van der Waals surface area contributed by atoms with E-state index in [0.29, 0.717) is 25.3 Å². The molecule has 2 heterocycles. The number of carbonyl (C=O) groups excluding carboxylic acids is 2. The Bertz CT molecular complexity index is 982. The molecule has 2 atom stereocenters. The summed E-state index contributed by atoms with van der Waals surface area (Å²) in [5.41, 5.74) is 4.03. The Morgan fingerprint density at radius 1 is 1.06 bits per heavy atom. The Hall–Kier alpha value is -2.42. The number of ether oxygens (including phenoxy) is 1. The molecule has 2 unspecified atom stereocenters. The van der Waals surface area contributed by atoms with E-state index in [1.165, 1.54) is 11.1 Å². The molecular weight excluding hydrogens is 484 g/mol. The van der Waals surface area contributed by atoms with Gasteiger partial charge in [0.2, 0.25) is 5.91 Å². The first-order valence-electron chi connectivity index (χ1n) is 11.6. The number of nitrogens with one attached hydrogen (secondary N) is 3. The van der Waals surface area contributed by atoms with Crippen molar-refractivity contribution in [3.8, 4) is 0 Å². The molecular formula is C25H31BrN4O3. The van der Waals surface area contributed by atoms with Gasteiger partial charge in [-0.1, -0.05) is 28.9 Å². The molecule has 0 aromatic heterocycles. The average molecular weight is 515 g/mol. The van der Waals surface area contributed by atoms with Gasteiger partial charge in [0.25, 0.3) is 0 Å². The number of amides is 3. The first kappa shape index (κ1) is 23.7.